The number of rotatable bonds is 3. The van der Waals surface area contributed by atoms with E-state index in [1.54, 1.807) is 0 Å². The second-order valence-electron chi connectivity index (χ2n) is 14.0. The number of pyridine rings is 1. The van der Waals surface area contributed by atoms with E-state index in [-0.39, 0.29) is 10.8 Å². The fourth-order valence-electron chi connectivity index (χ4n) is 9.06. The molecule has 0 amide bonds. The van der Waals surface area contributed by atoms with Crippen LogP contribution in [-0.4, -0.2) is 10.7 Å². The fourth-order valence-corrected chi connectivity index (χ4v) is 9.06. The van der Waals surface area contributed by atoms with Gasteiger partial charge in [0, 0.05) is 16.5 Å². The molecular weight excluding hydrogens is 595 g/mol. The lowest BCUT2D eigenvalue weighted by Gasteiger charge is -2.30. The van der Waals surface area contributed by atoms with E-state index in [2.05, 4.69) is 165 Å². The Morgan fingerprint density at radius 3 is 1.57 bits per heavy atom. The Hall–Kier alpha value is -6.06. The molecule has 0 saturated carbocycles. The van der Waals surface area contributed by atoms with Crippen molar-refractivity contribution in [2.24, 2.45) is 10.9 Å². The molecule has 2 N–H and O–H groups in total. The van der Waals surface area contributed by atoms with Crippen LogP contribution in [0.4, 0.5) is 0 Å². The maximum absolute atomic E-state index is 6.06. The van der Waals surface area contributed by atoms with Crippen LogP contribution in [0.2, 0.25) is 0 Å². The third-order valence-electron chi connectivity index (χ3n) is 11.2. The highest BCUT2D eigenvalue weighted by Crippen LogP contribution is 2.63. The molecule has 10 rings (SSSR count). The quantitative estimate of drug-likeness (QED) is 0.120. The first-order valence-corrected chi connectivity index (χ1v) is 17.0. The molecule has 7 aromatic rings. The van der Waals surface area contributed by atoms with Crippen molar-refractivity contribution in [2.45, 2.75) is 24.7 Å². The van der Waals surface area contributed by atoms with E-state index in [9.17, 15) is 0 Å². The Labute approximate surface area is 286 Å². The minimum absolute atomic E-state index is 0.196. The van der Waals surface area contributed by atoms with Crippen LogP contribution in [0.25, 0.3) is 44.5 Å². The monoisotopic (exact) mass is 627 g/mol. The first-order chi connectivity index (χ1) is 24.0. The van der Waals surface area contributed by atoms with Crippen LogP contribution >= 0.6 is 0 Å². The zero-order valence-corrected chi connectivity index (χ0v) is 27.4. The lowest BCUT2D eigenvalue weighted by molar-refractivity contribution is 0.636. The number of hydrazone groups is 1. The third kappa shape index (κ3) is 3.62. The molecule has 0 aliphatic heterocycles. The van der Waals surface area contributed by atoms with Gasteiger partial charge >= 0.3 is 0 Å². The molecule has 0 bridgehead atoms. The average Bonchev–Trinajstić information content (AvgIpc) is 3.71. The number of aromatic nitrogens is 1. The largest absolute Gasteiger partial charge is 0.323 e. The summed E-state index contributed by atoms with van der Waals surface area (Å²) in [6.45, 7) is 4.48. The molecule has 1 heterocycles. The summed E-state index contributed by atoms with van der Waals surface area (Å²) < 4.78 is 0. The highest BCUT2D eigenvalue weighted by molar-refractivity contribution is 6.12. The van der Waals surface area contributed by atoms with E-state index < -0.39 is 0 Å². The van der Waals surface area contributed by atoms with Gasteiger partial charge in [0.25, 0.3) is 0 Å². The molecule has 6 aromatic carbocycles. The summed E-state index contributed by atoms with van der Waals surface area (Å²) in [5.74, 6) is 6.06. The normalized spacial score (nSPS) is 15.3. The van der Waals surface area contributed by atoms with Crippen molar-refractivity contribution in [2.75, 3.05) is 0 Å². The molecule has 0 radical (unpaired) electrons. The summed E-state index contributed by atoms with van der Waals surface area (Å²) in [6.07, 6.45) is 0. The average molecular weight is 628 g/mol. The van der Waals surface area contributed by atoms with E-state index in [4.69, 9.17) is 10.8 Å². The number of benzene rings is 6. The summed E-state index contributed by atoms with van der Waals surface area (Å²) >= 11 is 0. The van der Waals surface area contributed by atoms with Crippen molar-refractivity contribution in [1.29, 1.82) is 0 Å². The van der Waals surface area contributed by atoms with Gasteiger partial charge in [-0.25, -0.2) is 4.98 Å². The topological polar surface area (TPSA) is 51.3 Å². The van der Waals surface area contributed by atoms with E-state index in [1.165, 1.54) is 66.8 Å². The highest BCUT2D eigenvalue weighted by Gasteiger charge is 2.51. The highest BCUT2D eigenvalue weighted by atomic mass is 15.1. The lowest BCUT2D eigenvalue weighted by atomic mass is 9.70. The summed E-state index contributed by atoms with van der Waals surface area (Å²) in [6, 6.07) is 55.2. The maximum Gasteiger partial charge on any atom is 0.115 e. The van der Waals surface area contributed by atoms with Gasteiger partial charge in [-0.2, -0.15) is 5.10 Å². The zero-order valence-electron chi connectivity index (χ0n) is 27.4. The first kappa shape index (κ1) is 28.0. The number of nitrogens with two attached hydrogens (primary N) is 1. The van der Waals surface area contributed by atoms with Crippen LogP contribution in [-0.2, 0) is 10.8 Å². The molecule has 0 fully saturated rings. The minimum Gasteiger partial charge on any atom is -0.323 e. The van der Waals surface area contributed by atoms with E-state index in [1.807, 2.05) is 6.07 Å². The Balaban J connectivity index is 1.05. The van der Waals surface area contributed by atoms with E-state index in [0.29, 0.717) is 5.71 Å². The molecular formula is C46H33N3. The Morgan fingerprint density at radius 2 is 0.980 bits per heavy atom. The summed E-state index contributed by atoms with van der Waals surface area (Å²) in [4.78, 5) is 5.17. The summed E-state index contributed by atoms with van der Waals surface area (Å²) in [7, 11) is 0. The molecule has 1 spiro atoms. The van der Waals surface area contributed by atoms with Gasteiger partial charge in [-0.1, -0.05) is 153 Å². The molecule has 3 aliphatic rings. The van der Waals surface area contributed by atoms with Crippen LogP contribution in [0.3, 0.4) is 0 Å². The van der Waals surface area contributed by atoms with Gasteiger partial charge in [0.15, 0.2) is 0 Å². The second kappa shape index (κ2) is 9.98. The molecule has 3 heteroatoms. The fraction of sp³-hybridized carbons (Fsp3) is 0.0870. The second-order valence-corrected chi connectivity index (χ2v) is 14.0. The molecule has 3 nitrogen and oxygen atoms in total. The molecule has 232 valence electrons. The number of hydrogen-bond donors (Lipinski definition) is 1. The van der Waals surface area contributed by atoms with Gasteiger partial charge in [-0.3, -0.25) is 0 Å². The molecule has 1 aromatic heterocycles. The molecule has 0 unspecified atom stereocenters. The van der Waals surface area contributed by atoms with Crippen molar-refractivity contribution < 1.29 is 0 Å². The van der Waals surface area contributed by atoms with Crippen LogP contribution < -0.4 is 5.84 Å². The Kier molecular flexibility index (Phi) is 5.70. The summed E-state index contributed by atoms with van der Waals surface area (Å²) in [5.41, 5.74) is 19.7. The smallest absolute Gasteiger partial charge is 0.115 e. The van der Waals surface area contributed by atoms with E-state index >= 15 is 0 Å². The molecule has 0 saturated heterocycles. The van der Waals surface area contributed by atoms with Gasteiger partial charge in [-0.05, 0) is 78.9 Å². The minimum atomic E-state index is -0.327. The van der Waals surface area contributed by atoms with Crippen LogP contribution in [0, 0.1) is 0 Å². The predicted octanol–water partition coefficient (Wildman–Crippen LogP) is 10.1. The van der Waals surface area contributed by atoms with Gasteiger partial charge in [0.05, 0.1) is 16.8 Å². The number of nitrogens with zero attached hydrogens (tertiary/aromatic N) is 2. The van der Waals surface area contributed by atoms with Crippen LogP contribution in [0.15, 0.2) is 157 Å². The summed E-state index contributed by atoms with van der Waals surface area (Å²) in [5, 5.41) is 4.26. The number of hydrogen-bond acceptors (Lipinski definition) is 3. The standard InChI is InChI=1S/C46H33N3/c1-45(2)37-15-7-3-13-33(37)35-24-26-42(48-44(35)45)43(49-47)29-21-19-28(20-22-29)30-23-25-41-36(27-30)34-14-6-10-18-40(34)46(41)38-16-8-4-11-31(38)32-12-5-9-17-39(32)46/h3-27H,47H2,1-2H3. The van der Waals surface area contributed by atoms with Crippen molar-refractivity contribution in [3.05, 3.63) is 196 Å². The van der Waals surface area contributed by atoms with Gasteiger partial charge in [-0.15, -0.1) is 0 Å². The third-order valence-corrected chi connectivity index (χ3v) is 11.2. The predicted molar refractivity (Wildman–Crippen MR) is 200 cm³/mol. The van der Waals surface area contributed by atoms with Crippen molar-refractivity contribution in [3.63, 3.8) is 0 Å². The van der Waals surface area contributed by atoms with Crippen molar-refractivity contribution in [1.82, 2.24) is 4.98 Å². The van der Waals surface area contributed by atoms with E-state index in [0.717, 1.165) is 22.5 Å². The first-order valence-electron chi connectivity index (χ1n) is 17.0. The van der Waals surface area contributed by atoms with Crippen LogP contribution in [0.1, 0.15) is 58.6 Å². The zero-order chi connectivity index (χ0) is 32.9. The van der Waals surface area contributed by atoms with Gasteiger partial charge in [0.1, 0.15) is 5.71 Å². The SMILES string of the molecule is CC1(C)c2ccccc2-c2ccc(C(=NN)c3ccc(-c4ccc5c(c4)-c4ccccc4C54c5ccccc5-c5ccccc54)cc3)nc21. The molecule has 0 atom stereocenters. The molecule has 3 aliphatic carbocycles. The maximum atomic E-state index is 6.06. The van der Waals surface area contributed by atoms with Crippen LogP contribution in [0.5, 0.6) is 0 Å². The van der Waals surface area contributed by atoms with Gasteiger partial charge in [0.2, 0.25) is 0 Å². The number of fused-ring (bicyclic) bond motifs is 13. The van der Waals surface area contributed by atoms with Crippen molar-refractivity contribution >= 4 is 5.71 Å². The molecule has 49 heavy (non-hydrogen) atoms. The lowest BCUT2D eigenvalue weighted by Crippen LogP contribution is -2.25. The van der Waals surface area contributed by atoms with Gasteiger partial charge < -0.3 is 5.84 Å². The van der Waals surface area contributed by atoms with Crippen molar-refractivity contribution in [3.8, 4) is 44.5 Å². The Morgan fingerprint density at radius 1 is 0.490 bits per heavy atom. The Bertz CT molecular complexity index is 2490.